The van der Waals surface area contributed by atoms with Crippen molar-refractivity contribution in [2.24, 2.45) is 5.41 Å². The van der Waals surface area contributed by atoms with Crippen molar-refractivity contribution < 1.29 is 9.47 Å². The van der Waals surface area contributed by atoms with Crippen molar-refractivity contribution in [2.75, 3.05) is 14.2 Å². The van der Waals surface area contributed by atoms with Crippen LogP contribution in [0.2, 0.25) is 0 Å². The van der Waals surface area contributed by atoms with Gasteiger partial charge in [0, 0.05) is 18.7 Å². The van der Waals surface area contributed by atoms with Crippen LogP contribution < -0.4 is 9.47 Å². The molecule has 4 nitrogen and oxygen atoms in total. The van der Waals surface area contributed by atoms with Crippen molar-refractivity contribution in [2.45, 2.75) is 27.3 Å². The van der Waals surface area contributed by atoms with Crippen LogP contribution in [0.4, 0.5) is 0 Å². The van der Waals surface area contributed by atoms with Gasteiger partial charge in [0.15, 0.2) is 16.3 Å². The van der Waals surface area contributed by atoms with E-state index in [9.17, 15) is 0 Å². The van der Waals surface area contributed by atoms with Crippen molar-refractivity contribution in [3.63, 3.8) is 0 Å². The first-order chi connectivity index (χ1) is 8.85. The van der Waals surface area contributed by atoms with Crippen LogP contribution in [0.5, 0.6) is 11.5 Å². The van der Waals surface area contributed by atoms with Gasteiger partial charge >= 0.3 is 0 Å². The van der Waals surface area contributed by atoms with Crippen LogP contribution in [0.3, 0.4) is 0 Å². The van der Waals surface area contributed by atoms with Crippen molar-refractivity contribution in [3.8, 4) is 11.5 Å². The summed E-state index contributed by atoms with van der Waals surface area (Å²) in [6.45, 7) is 7.42. The monoisotopic (exact) mass is 280 g/mol. The fourth-order valence-electron chi connectivity index (χ4n) is 2.12. The maximum Gasteiger partial charge on any atom is 0.178 e. The predicted molar refractivity (Wildman–Crippen MR) is 79.7 cm³/mol. The Bertz CT molecular complexity index is 650. The third-order valence-electron chi connectivity index (χ3n) is 2.91. The van der Waals surface area contributed by atoms with Crippen molar-refractivity contribution in [1.82, 2.24) is 9.55 Å². The molecule has 0 radical (unpaired) electrons. The average molecular weight is 280 g/mol. The first kappa shape index (κ1) is 13.9. The van der Waals surface area contributed by atoms with E-state index in [0.717, 1.165) is 22.3 Å². The van der Waals surface area contributed by atoms with E-state index in [1.165, 1.54) is 0 Å². The number of aromatic amines is 1. The summed E-state index contributed by atoms with van der Waals surface area (Å²) in [7, 11) is 3.27. The van der Waals surface area contributed by atoms with Gasteiger partial charge < -0.3 is 19.0 Å². The molecule has 0 aliphatic heterocycles. The minimum absolute atomic E-state index is 0.153. The number of rotatable bonds is 3. The van der Waals surface area contributed by atoms with E-state index in [0.29, 0.717) is 11.5 Å². The maximum absolute atomic E-state index is 5.41. The molecule has 2 rings (SSSR count). The quantitative estimate of drug-likeness (QED) is 0.870. The average Bonchev–Trinajstić information content (AvgIpc) is 2.62. The molecule has 104 valence electrons. The van der Waals surface area contributed by atoms with Crippen LogP contribution in [0.1, 0.15) is 20.8 Å². The highest BCUT2D eigenvalue weighted by molar-refractivity contribution is 7.71. The highest BCUT2D eigenvalue weighted by Crippen LogP contribution is 2.32. The smallest absolute Gasteiger partial charge is 0.178 e. The molecule has 2 aromatic rings. The molecule has 1 N–H and O–H groups in total. The number of hydrogen-bond acceptors (Lipinski definition) is 3. The van der Waals surface area contributed by atoms with Gasteiger partial charge in [-0.3, -0.25) is 0 Å². The number of imidazole rings is 1. The number of nitrogens with zero attached hydrogens (tertiary/aromatic N) is 1. The number of aromatic nitrogens is 2. The molecule has 0 aliphatic carbocycles. The van der Waals surface area contributed by atoms with E-state index in [4.69, 9.17) is 21.7 Å². The minimum atomic E-state index is 0.153. The third kappa shape index (κ3) is 2.76. The van der Waals surface area contributed by atoms with E-state index in [1.807, 2.05) is 12.1 Å². The Morgan fingerprint density at radius 2 is 1.74 bits per heavy atom. The molecule has 0 amide bonds. The number of nitrogens with one attached hydrogen (secondary N) is 1. The number of methoxy groups -OCH3 is 2. The van der Waals surface area contributed by atoms with Gasteiger partial charge in [0.1, 0.15) is 0 Å². The molecule has 1 heterocycles. The summed E-state index contributed by atoms with van der Waals surface area (Å²) in [5, 5.41) is 0. The molecular weight excluding hydrogens is 260 g/mol. The lowest BCUT2D eigenvalue weighted by Crippen LogP contribution is -2.15. The SMILES string of the molecule is COc1cc2[nH]c(=S)n(CC(C)(C)C)c2cc1OC. The van der Waals surface area contributed by atoms with E-state index in [1.54, 1.807) is 14.2 Å². The lowest BCUT2D eigenvalue weighted by atomic mass is 9.97. The van der Waals surface area contributed by atoms with Crippen LogP contribution in [0, 0.1) is 10.2 Å². The summed E-state index contributed by atoms with van der Waals surface area (Å²) >= 11 is 5.41. The molecule has 0 aliphatic rings. The molecule has 0 spiro atoms. The van der Waals surface area contributed by atoms with Crippen molar-refractivity contribution >= 4 is 23.3 Å². The molecule has 0 saturated heterocycles. The molecule has 0 atom stereocenters. The van der Waals surface area contributed by atoms with Crippen LogP contribution in [0.15, 0.2) is 12.1 Å². The first-order valence-electron chi connectivity index (χ1n) is 6.20. The molecule has 0 unspecified atom stereocenters. The number of H-pyrrole nitrogens is 1. The molecule has 1 aromatic heterocycles. The van der Waals surface area contributed by atoms with Crippen molar-refractivity contribution in [3.05, 3.63) is 16.9 Å². The topological polar surface area (TPSA) is 39.2 Å². The summed E-state index contributed by atoms with van der Waals surface area (Å²) in [5.41, 5.74) is 2.16. The first-order valence-corrected chi connectivity index (χ1v) is 6.61. The Morgan fingerprint density at radius 3 is 2.26 bits per heavy atom. The van der Waals surface area contributed by atoms with Crippen LogP contribution in [-0.4, -0.2) is 23.8 Å². The predicted octanol–water partition coefficient (Wildman–Crippen LogP) is 3.76. The van der Waals surface area contributed by atoms with E-state index < -0.39 is 0 Å². The zero-order valence-corrected chi connectivity index (χ0v) is 12.9. The summed E-state index contributed by atoms with van der Waals surface area (Å²) in [5.74, 6) is 1.42. The number of ether oxygens (including phenoxy) is 2. The molecule has 1 aromatic carbocycles. The van der Waals surface area contributed by atoms with Gasteiger partial charge in [-0.25, -0.2) is 0 Å². The van der Waals surface area contributed by atoms with Gasteiger partial charge in [0.25, 0.3) is 0 Å². The fourth-order valence-corrected chi connectivity index (χ4v) is 2.39. The maximum atomic E-state index is 5.41. The Hall–Kier alpha value is -1.49. The normalized spacial score (nSPS) is 11.8. The number of hydrogen-bond donors (Lipinski definition) is 1. The Labute approximate surface area is 118 Å². The summed E-state index contributed by atoms with van der Waals surface area (Å²) in [4.78, 5) is 3.22. The zero-order chi connectivity index (χ0) is 14.2. The molecular formula is C14H20N2O2S. The fraction of sp³-hybridized carbons (Fsp3) is 0.500. The van der Waals surface area contributed by atoms with Gasteiger partial charge in [0.05, 0.1) is 25.3 Å². The Morgan fingerprint density at radius 1 is 1.16 bits per heavy atom. The van der Waals surface area contributed by atoms with Gasteiger partial charge in [-0.05, 0) is 17.6 Å². The van der Waals surface area contributed by atoms with Crippen LogP contribution >= 0.6 is 12.2 Å². The second kappa shape index (κ2) is 4.89. The highest BCUT2D eigenvalue weighted by Gasteiger charge is 2.16. The minimum Gasteiger partial charge on any atom is -0.493 e. The lowest BCUT2D eigenvalue weighted by molar-refractivity contribution is 0.345. The highest BCUT2D eigenvalue weighted by atomic mass is 32.1. The molecule has 0 saturated carbocycles. The largest absolute Gasteiger partial charge is 0.493 e. The molecule has 5 heteroatoms. The summed E-state index contributed by atoms with van der Waals surface area (Å²) in [6, 6.07) is 3.88. The van der Waals surface area contributed by atoms with Crippen LogP contribution in [0.25, 0.3) is 11.0 Å². The number of fused-ring (bicyclic) bond motifs is 1. The summed E-state index contributed by atoms with van der Waals surface area (Å²) in [6.07, 6.45) is 0. The molecule has 0 fully saturated rings. The van der Waals surface area contributed by atoms with Gasteiger partial charge in [-0.2, -0.15) is 0 Å². The van der Waals surface area contributed by atoms with Crippen molar-refractivity contribution in [1.29, 1.82) is 0 Å². The summed E-state index contributed by atoms with van der Waals surface area (Å²) < 4.78 is 13.5. The third-order valence-corrected chi connectivity index (χ3v) is 3.23. The second-order valence-corrected chi connectivity index (χ2v) is 6.19. The molecule has 19 heavy (non-hydrogen) atoms. The van der Waals surface area contributed by atoms with E-state index in [2.05, 4.69) is 30.3 Å². The Balaban J connectivity index is 2.65. The molecule has 0 bridgehead atoms. The number of benzene rings is 1. The van der Waals surface area contributed by atoms with Gasteiger partial charge in [-0.1, -0.05) is 20.8 Å². The van der Waals surface area contributed by atoms with E-state index >= 15 is 0 Å². The van der Waals surface area contributed by atoms with Gasteiger partial charge in [0.2, 0.25) is 0 Å². The zero-order valence-electron chi connectivity index (χ0n) is 12.0. The standard InChI is InChI=1S/C14H20N2O2S/c1-14(2,3)8-16-10-7-12(18-5)11(17-4)6-9(10)15-13(16)19/h6-7H,8H2,1-5H3,(H,15,19). The van der Waals surface area contributed by atoms with E-state index in [-0.39, 0.29) is 5.41 Å². The van der Waals surface area contributed by atoms with Gasteiger partial charge in [-0.15, -0.1) is 0 Å². The second-order valence-electron chi connectivity index (χ2n) is 5.80. The van der Waals surface area contributed by atoms with Crippen LogP contribution in [-0.2, 0) is 6.54 Å². The Kier molecular flexibility index (Phi) is 3.58. The lowest BCUT2D eigenvalue weighted by Gasteiger charge is -2.19.